The molecule has 1 aromatic rings. The van der Waals surface area contributed by atoms with Gasteiger partial charge < -0.3 is 13.3 Å². The van der Waals surface area contributed by atoms with Gasteiger partial charge >= 0.3 is 8.80 Å². The Labute approximate surface area is 96.6 Å². The van der Waals surface area contributed by atoms with Crippen LogP contribution in [0.4, 0.5) is 0 Å². The van der Waals surface area contributed by atoms with Crippen molar-refractivity contribution >= 4 is 14.0 Å². The molecule has 0 bridgehead atoms. The van der Waals surface area contributed by atoms with E-state index in [-0.39, 0.29) is 0 Å². The van der Waals surface area contributed by atoms with Crippen molar-refractivity contribution in [2.45, 2.75) is 0 Å². The van der Waals surface area contributed by atoms with Crippen molar-refractivity contribution in [1.82, 2.24) is 0 Å². The molecular weight excluding hydrogens is 220 g/mol. The van der Waals surface area contributed by atoms with E-state index in [4.69, 9.17) is 13.3 Å². The normalized spacial score (nSPS) is 10.0. The molecule has 16 heavy (non-hydrogen) atoms. The molecule has 1 aromatic carbocycles. The molecule has 0 heterocycles. The van der Waals surface area contributed by atoms with Crippen LogP contribution in [0.1, 0.15) is 0 Å². The molecule has 0 saturated carbocycles. The van der Waals surface area contributed by atoms with Gasteiger partial charge in [0.05, 0.1) is 24.0 Å². The predicted octanol–water partition coefficient (Wildman–Crippen LogP) is 2.31. The molecule has 0 atom stereocenters. The summed E-state index contributed by atoms with van der Waals surface area (Å²) in [6.45, 7) is 10.6. The summed E-state index contributed by atoms with van der Waals surface area (Å²) in [6.07, 6.45) is 3.89. The maximum Gasteiger partial charge on any atom is 0.735 e. The lowest BCUT2D eigenvalue weighted by atomic mass is 10.4. The first-order valence-corrected chi connectivity index (χ1v) is 6.43. The largest absolute Gasteiger partial charge is 0.735 e. The molecule has 3 nitrogen and oxygen atoms in total. The van der Waals surface area contributed by atoms with Gasteiger partial charge in [-0.3, -0.25) is 0 Å². The molecule has 0 N–H and O–H groups in total. The van der Waals surface area contributed by atoms with Gasteiger partial charge in [0.15, 0.2) is 0 Å². The number of hydrogen-bond acceptors (Lipinski definition) is 3. The molecule has 0 aromatic heterocycles. The Morgan fingerprint density at radius 3 is 1.62 bits per heavy atom. The van der Waals surface area contributed by atoms with Gasteiger partial charge in [-0.15, -0.1) is 0 Å². The SMILES string of the molecule is C=CO[Si](OC=C)(OC=C)c1ccccc1. The molecule has 0 unspecified atom stereocenters. The molecule has 0 aliphatic carbocycles. The Balaban J connectivity index is 3.13. The van der Waals surface area contributed by atoms with Gasteiger partial charge in [-0.1, -0.05) is 50.1 Å². The summed E-state index contributed by atoms with van der Waals surface area (Å²) in [5, 5.41) is 0.815. The monoisotopic (exact) mass is 234 g/mol. The zero-order valence-electron chi connectivity index (χ0n) is 8.96. The minimum Gasteiger partial charge on any atom is -0.487 e. The Bertz CT molecular complexity index is 335. The van der Waals surface area contributed by atoms with Gasteiger partial charge in [0.2, 0.25) is 0 Å². The smallest absolute Gasteiger partial charge is 0.487 e. The summed E-state index contributed by atoms with van der Waals surface area (Å²) in [5.74, 6) is 0. The standard InChI is InChI=1S/C12H14O3Si/c1-4-13-16(14-5-2,15-6-3)12-10-8-7-9-11-12/h4-11H,1-3H2. The van der Waals surface area contributed by atoms with E-state index in [1.54, 1.807) is 0 Å². The lowest BCUT2D eigenvalue weighted by Gasteiger charge is -2.25. The van der Waals surface area contributed by atoms with E-state index in [9.17, 15) is 0 Å². The zero-order chi connectivity index (χ0) is 11.9. The number of hydrogen-bond donors (Lipinski definition) is 0. The molecule has 0 radical (unpaired) electrons. The summed E-state index contributed by atoms with van der Waals surface area (Å²) >= 11 is 0. The van der Waals surface area contributed by atoms with Crippen LogP contribution >= 0.6 is 0 Å². The molecule has 0 amide bonds. The Hall–Kier alpha value is -1.94. The number of benzene rings is 1. The highest BCUT2D eigenvalue weighted by Gasteiger charge is 2.48. The molecule has 1 rings (SSSR count). The second-order valence-corrected chi connectivity index (χ2v) is 5.17. The first-order chi connectivity index (χ1) is 7.79. The Morgan fingerprint density at radius 2 is 1.25 bits per heavy atom. The Morgan fingerprint density at radius 1 is 0.812 bits per heavy atom. The third kappa shape index (κ3) is 2.55. The fraction of sp³-hybridized carbons (Fsp3) is 0. The molecule has 4 heteroatoms. The Kier molecular flexibility index (Phi) is 4.41. The highest BCUT2D eigenvalue weighted by atomic mass is 28.4. The van der Waals surface area contributed by atoms with Crippen LogP contribution in [0, 0.1) is 0 Å². The summed E-state index contributed by atoms with van der Waals surface area (Å²) in [4.78, 5) is 0. The minimum atomic E-state index is -3.03. The predicted molar refractivity (Wildman–Crippen MR) is 65.7 cm³/mol. The lowest BCUT2D eigenvalue weighted by Crippen LogP contribution is -2.53. The van der Waals surface area contributed by atoms with Crippen LogP contribution in [0.5, 0.6) is 0 Å². The van der Waals surface area contributed by atoms with Crippen LogP contribution < -0.4 is 5.19 Å². The summed E-state index contributed by atoms with van der Waals surface area (Å²) in [5.41, 5.74) is 0. The van der Waals surface area contributed by atoms with E-state index >= 15 is 0 Å². The lowest BCUT2D eigenvalue weighted by molar-refractivity contribution is 0.200. The molecule has 0 aliphatic heterocycles. The van der Waals surface area contributed by atoms with Crippen molar-refractivity contribution < 1.29 is 13.3 Å². The van der Waals surface area contributed by atoms with E-state index in [1.165, 1.54) is 18.8 Å². The molecular formula is C12H14O3Si. The summed E-state index contributed by atoms with van der Waals surface area (Å²) in [7, 11) is -3.03. The van der Waals surface area contributed by atoms with Gasteiger partial charge in [-0.05, 0) is 0 Å². The van der Waals surface area contributed by atoms with Crippen LogP contribution in [0.2, 0.25) is 0 Å². The summed E-state index contributed by atoms with van der Waals surface area (Å²) < 4.78 is 16.2. The minimum absolute atomic E-state index is 0.815. The quantitative estimate of drug-likeness (QED) is 0.535. The highest BCUT2D eigenvalue weighted by Crippen LogP contribution is 2.11. The topological polar surface area (TPSA) is 27.7 Å². The van der Waals surface area contributed by atoms with Gasteiger partial charge in [0, 0.05) is 0 Å². The van der Waals surface area contributed by atoms with E-state index in [1.807, 2.05) is 30.3 Å². The molecule has 0 fully saturated rings. The van der Waals surface area contributed by atoms with Crippen molar-refractivity contribution in [1.29, 1.82) is 0 Å². The maximum atomic E-state index is 5.41. The molecule has 0 saturated heterocycles. The van der Waals surface area contributed by atoms with Crippen molar-refractivity contribution in [2.75, 3.05) is 0 Å². The third-order valence-electron chi connectivity index (χ3n) is 1.84. The van der Waals surface area contributed by atoms with E-state index in [2.05, 4.69) is 19.7 Å². The second-order valence-electron chi connectivity index (χ2n) is 2.78. The van der Waals surface area contributed by atoms with Crippen molar-refractivity contribution in [3.8, 4) is 0 Å². The zero-order valence-corrected chi connectivity index (χ0v) is 9.96. The fourth-order valence-corrected chi connectivity index (χ4v) is 3.09. The van der Waals surface area contributed by atoms with Crippen molar-refractivity contribution in [3.63, 3.8) is 0 Å². The van der Waals surface area contributed by atoms with Gasteiger partial charge in [0.1, 0.15) is 0 Å². The van der Waals surface area contributed by atoms with Crippen molar-refractivity contribution in [2.24, 2.45) is 0 Å². The molecule has 0 spiro atoms. The molecule has 84 valence electrons. The van der Waals surface area contributed by atoms with Crippen LogP contribution in [0.25, 0.3) is 0 Å². The third-order valence-corrected chi connectivity index (χ3v) is 4.31. The summed E-state index contributed by atoms with van der Waals surface area (Å²) in [6, 6.07) is 9.38. The van der Waals surface area contributed by atoms with Crippen LogP contribution in [0.15, 0.2) is 68.9 Å². The van der Waals surface area contributed by atoms with Gasteiger partial charge in [-0.25, -0.2) is 0 Å². The average Bonchev–Trinajstić information content (AvgIpc) is 2.31. The van der Waals surface area contributed by atoms with E-state index in [0.29, 0.717) is 0 Å². The molecule has 0 aliphatic rings. The van der Waals surface area contributed by atoms with Gasteiger partial charge in [-0.2, -0.15) is 0 Å². The fourth-order valence-electron chi connectivity index (χ4n) is 1.26. The van der Waals surface area contributed by atoms with Gasteiger partial charge in [0.25, 0.3) is 0 Å². The van der Waals surface area contributed by atoms with Crippen molar-refractivity contribution in [3.05, 3.63) is 68.9 Å². The van der Waals surface area contributed by atoms with Crippen LogP contribution in [-0.4, -0.2) is 8.80 Å². The number of rotatable bonds is 7. The second kappa shape index (κ2) is 5.82. The maximum absolute atomic E-state index is 5.41. The first-order valence-electron chi connectivity index (χ1n) is 4.70. The van der Waals surface area contributed by atoms with Crippen LogP contribution in [-0.2, 0) is 13.3 Å². The van der Waals surface area contributed by atoms with E-state index < -0.39 is 8.80 Å². The average molecular weight is 234 g/mol. The van der Waals surface area contributed by atoms with Crippen LogP contribution in [0.3, 0.4) is 0 Å². The first kappa shape index (κ1) is 12.1. The van der Waals surface area contributed by atoms with E-state index in [0.717, 1.165) is 5.19 Å². The highest BCUT2D eigenvalue weighted by molar-refractivity contribution is 6.75.